The van der Waals surface area contributed by atoms with Crippen LogP contribution in [0.1, 0.15) is 64.8 Å². The van der Waals surface area contributed by atoms with E-state index in [0.717, 1.165) is 71.1 Å². The molecular weight excluding hydrogens is 556 g/mol. The third-order valence-electron chi connectivity index (χ3n) is 8.07. The lowest BCUT2D eigenvalue weighted by molar-refractivity contribution is -0.143. The maximum Gasteiger partial charge on any atom is 0.302 e. The van der Waals surface area contributed by atoms with Gasteiger partial charge in [0.05, 0.1) is 36.0 Å². The zero-order chi connectivity index (χ0) is 27.9. The van der Waals surface area contributed by atoms with Gasteiger partial charge in [-0.2, -0.15) is 0 Å². The molecule has 2 aromatic heterocycles. The Morgan fingerprint density at radius 2 is 1.92 bits per heavy atom. The van der Waals surface area contributed by atoms with Crippen LogP contribution in [0.25, 0.3) is 22.2 Å². The van der Waals surface area contributed by atoms with E-state index in [1.54, 1.807) is 6.92 Å². The van der Waals surface area contributed by atoms with Crippen LogP contribution in [0, 0.1) is 5.41 Å². The van der Waals surface area contributed by atoms with Crippen molar-refractivity contribution in [2.75, 3.05) is 37.7 Å². The smallest absolute Gasteiger partial charge is 0.302 e. The molecule has 3 aromatic rings. The average Bonchev–Trinajstić information content (AvgIpc) is 3.71. The number of halogens is 1. The summed E-state index contributed by atoms with van der Waals surface area (Å²) in [6.45, 7) is 14.9. The molecule has 2 aliphatic rings. The number of anilines is 1. The van der Waals surface area contributed by atoms with E-state index in [2.05, 4.69) is 75.3 Å². The molecular formula is C31H41BrN4O3. The highest BCUT2D eigenvalue weighted by molar-refractivity contribution is 9.10. The number of aliphatic hydroxyl groups is 1. The molecule has 1 aromatic carbocycles. The molecule has 1 aliphatic heterocycles. The van der Waals surface area contributed by atoms with Crippen LogP contribution < -0.4 is 4.90 Å². The van der Waals surface area contributed by atoms with Crippen LogP contribution in [-0.4, -0.2) is 64.4 Å². The van der Waals surface area contributed by atoms with Gasteiger partial charge in [-0.3, -0.25) is 14.7 Å². The lowest BCUT2D eigenvalue weighted by Crippen LogP contribution is -2.47. The number of pyridine rings is 1. The van der Waals surface area contributed by atoms with Gasteiger partial charge in [-0.05, 0) is 62.9 Å². The maximum absolute atomic E-state index is 11.6. The first-order chi connectivity index (χ1) is 18.6. The van der Waals surface area contributed by atoms with Crippen molar-refractivity contribution < 1.29 is 14.6 Å². The number of fused-ring (bicyclic) bond motifs is 1. The van der Waals surface area contributed by atoms with Crippen LogP contribution in [0.3, 0.4) is 0 Å². The Kier molecular flexibility index (Phi) is 8.09. The fourth-order valence-electron chi connectivity index (χ4n) is 5.98. The van der Waals surface area contributed by atoms with Crippen LogP contribution in [0.2, 0.25) is 0 Å². The number of hydrogen-bond donors (Lipinski definition) is 1. The van der Waals surface area contributed by atoms with E-state index in [1.165, 1.54) is 25.3 Å². The monoisotopic (exact) mass is 596 g/mol. The van der Waals surface area contributed by atoms with E-state index >= 15 is 0 Å². The largest absolute Gasteiger partial charge is 0.465 e. The number of piperazine rings is 1. The number of esters is 1. The second-order valence-electron chi connectivity index (χ2n) is 11.9. The second kappa shape index (κ2) is 11.2. The third-order valence-corrected chi connectivity index (χ3v) is 8.56. The van der Waals surface area contributed by atoms with Gasteiger partial charge in [0.25, 0.3) is 0 Å². The molecule has 1 saturated heterocycles. The van der Waals surface area contributed by atoms with E-state index in [1.807, 2.05) is 6.20 Å². The number of benzene rings is 1. The van der Waals surface area contributed by atoms with Crippen molar-refractivity contribution in [2.24, 2.45) is 5.41 Å². The first-order valence-electron chi connectivity index (χ1n) is 14.2. The molecule has 0 amide bonds. The highest BCUT2D eigenvalue weighted by atomic mass is 79.9. The molecule has 3 heterocycles. The number of rotatable bonds is 9. The van der Waals surface area contributed by atoms with E-state index in [0.29, 0.717) is 18.7 Å². The van der Waals surface area contributed by atoms with Gasteiger partial charge in [-0.25, -0.2) is 0 Å². The first-order valence-corrected chi connectivity index (χ1v) is 15.0. The minimum absolute atomic E-state index is 0.267. The highest BCUT2D eigenvalue weighted by Crippen LogP contribution is 2.42. The molecule has 1 atom stereocenters. The molecule has 0 radical (unpaired) electrons. The number of carbonyl (C=O) groups excluding carboxylic acids is 1. The highest BCUT2D eigenvalue weighted by Gasteiger charge is 2.32. The van der Waals surface area contributed by atoms with Gasteiger partial charge < -0.3 is 19.3 Å². The topological polar surface area (TPSA) is 70.8 Å². The summed E-state index contributed by atoms with van der Waals surface area (Å²) in [4.78, 5) is 21.5. The normalized spacial score (nSPS) is 17.6. The third kappa shape index (κ3) is 6.03. The second-order valence-corrected chi connectivity index (χ2v) is 12.8. The molecule has 0 unspecified atom stereocenters. The van der Waals surface area contributed by atoms with Crippen molar-refractivity contribution in [3.63, 3.8) is 0 Å². The summed E-state index contributed by atoms with van der Waals surface area (Å²) < 4.78 is 8.83. The lowest BCUT2D eigenvalue weighted by atomic mass is 9.84. The van der Waals surface area contributed by atoms with Gasteiger partial charge in [0.1, 0.15) is 0 Å². The van der Waals surface area contributed by atoms with Gasteiger partial charge in [0.2, 0.25) is 0 Å². The number of aryl methyl sites for hydroxylation is 1. The molecule has 39 heavy (non-hydrogen) atoms. The molecule has 1 saturated carbocycles. The van der Waals surface area contributed by atoms with Crippen molar-refractivity contribution in [3.05, 3.63) is 46.2 Å². The summed E-state index contributed by atoms with van der Waals surface area (Å²) in [6.07, 6.45) is 4.60. The Morgan fingerprint density at radius 3 is 2.54 bits per heavy atom. The number of aliphatic hydroxyl groups excluding tert-OH is 1. The fraction of sp³-hybridized carbons (Fsp3) is 0.548. The maximum atomic E-state index is 11.6. The summed E-state index contributed by atoms with van der Waals surface area (Å²) in [5.41, 5.74) is 5.89. The number of ether oxygens (including phenoxy) is 1. The number of aromatic nitrogens is 2. The fourth-order valence-corrected chi connectivity index (χ4v) is 6.34. The Balaban J connectivity index is 1.63. The van der Waals surface area contributed by atoms with Crippen molar-refractivity contribution >= 4 is 38.5 Å². The molecule has 210 valence electrons. The Bertz CT molecular complexity index is 1350. The molecule has 7 nitrogen and oxygen atoms in total. The van der Waals surface area contributed by atoms with Crippen molar-refractivity contribution in [2.45, 2.75) is 72.6 Å². The van der Waals surface area contributed by atoms with Gasteiger partial charge in [0.15, 0.2) is 0 Å². The predicted molar refractivity (Wildman–Crippen MR) is 160 cm³/mol. The number of carbonyl (C=O) groups is 1. The van der Waals surface area contributed by atoms with Crippen molar-refractivity contribution in [3.8, 4) is 11.3 Å². The van der Waals surface area contributed by atoms with Crippen LogP contribution in [-0.2, 0) is 22.5 Å². The van der Waals surface area contributed by atoms with Gasteiger partial charge in [-0.15, -0.1) is 0 Å². The summed E-state index contributed by atoms with van der Waals surface area (Å²) >= 11 is 3.69. The lowest BCUT2D eigenvalue weighted by Gasteiger charge is -2.36. The first kappa shape index (κ1) is 28.1. The molecule has 1 N–H and O–H groups in total. The summed E-state index contributed by atoms with van der Waals surface area (Å²) in [5.74, 6) is -0.267. The molecule has 0 bridgehead atoms. The Labute approximate surface area is 240 Å². The Morgan fingerprint density at radius 1 is 1.21 bits per heavy atom. The van der Waals surface area contributed by atoms with Gasteiger partial charge in [-0.1, -0.05) is 29.8 Å². The van der Waals surface area contributed by atoms with Crippen LogP contribution in [0.15, 0.2) is 34.9 Å². The number of hydrogen-bond acceptors (Lipinski definition) is 6. The van der Waals surface area contributed by atoms with Crippen LogP contribution >= 0.6 is 15.9 Å². The van der Waals surface area contributed by atoms with E-state index in [9.17, 15) is 9.90 Å². The molecule has 2 fully saturated rings. The minimum Gasteiger partial charge on any atom is -0.465 e. The zero-order valence-electron chi connectivity index (χ0n) is 23.8. The summed E-state index contributed by atoms with van der Waals surface area (Å²) in [5, 5.41) is 12.0. The van der Waals surface area contributed by atoms with Crippen molar-refractivity contribution in [1.82, 2.24) is 14.5 Å². The minimum atomic E-state index is -0.710. The SMILES string of the molecule is CCn1c(-c2cc(N3CCN(C4CC4)CC3)cnc2[C@H](C)O)c(CC(C)(C)COC(C)=O)c2cc(Br)ccc21. The van der Waals surface area contributed by atoms with Gasteiger partial charge >= 0.3 is 5.97 Å². The van der Waals surface area contributed by atoms with Gasteiger partial charge in [0, 0.05) is 72.0 Å². The zero-order valence-corrected chi connectivity index (χ0v) is 25.4. The number of nitrogens with zero attached hydrogens (tertiary/aromatic N) is 4. The van der Waals surface area contributed by atoms with E-state index in [4.69, 9.17) is 9.72 Å². The van der Waals surface area contributed by atoms with Crippen LogP contribution in [0.5, 0.6) is 0 Å². The molecule has 0 spiro atoms. The van der Waals surface area contributed by atoms with E-state index in [-0.39, 0.29) is 11.4 Å². The average molecular weight is 598 g/mol. The van der Waals surface area contributed by atoms with E-state index < -0.39 is 6.10 Å². The summed E-state index contributed by atoms with van der Waals surface area (Å²) in [6, 6.07) is 9.44. The Hall–Kier alpha value is -2.42. The van der Waals surface area contributed by atoms with Crippen LogP contribution in [0.4, 0.5) is 5.69 Å². The predicted octanol–water partition coefficient (Wildman–Crippen LogP) is 5.96. The molecule has 1 aliphatic carbocycles. The quantitative estimate of drug-likeness (QED) is 0.307. The molecule has 8 heteroatoms. The van der Waals surface area contributed by atoms with Crippen molar-refractivity contribution in [1.29, 1.82) is 0 Å². The standard InChI is InChI=1S/C31H41BrN4O3/c1-6-36-28-10-7-22(32)15-25(28)27(17-31(4,5)19-39-21(3)38)30(36)26-16-24(18-33-29(26)20(2)37)35-13-11-34(12-14-35)23-8-9-23/h7,10,15-16,18,20,23,37H,6,8-9,11-14,17,19H2,1-5H3/t20-/m0/s1. The molecule has 5 rings (SSSR count). The summed E-state index contributed by atoms with van der Waals surface area (Å²) in [7, 11) is 0.